The minimum Gasteiger partial charge on any atom is -0.507 e. The number of rotatable bonds is 5. The van der Waals surface area contributed by atoms with Crippen molar-refractivity contribution in [2.24, 2.45) is 5.10 Å². The number of carbonyl (C=O) groups is 1. The number of aromatic nitrogens is 2. The lowest BCUT2D eigenvalue weighted by Crippen LogP contribution is -2.00. The summed E-state index contributed by atoms with van der Waals surface area (Å²) in [4.78, 5) is 18.0. The summed E-state index contributed by atoms with van der Waals surface area (Å²) in [6.45, 7) is 1.08. The highest BCUT2D eigenvalue weighted by atomic mass is 19.1. The van der Waals surface area contributed by atoms with Crippen molar-refractivity contribution >= 4 is 18.1 Å². The molecule has 0 saturated carbocycles. The van der Waals surface area contributed by atoms with E-state index in [2.05, 4.69) is 20.5 Å². The fourth-order valence-corrected chi connectivity index (χ4v) is 2.80. The number of carboxylic acids is 1. The van der Waals surface area contributed by atoms with Gasteiger partial charge in [0, 0.05) is 18.1 Å². The molecule has 1 heterocycles. The molecule has 0 atom stereocenters. The Labute approximate surface area is 189 Å². The Balaban J connectivity index is 0.000000709. The van der Waals surface area contributed by atoms with Crippen LogP contribution in [0.2, 0.25) is 0 Å². The maximum Gasteiger partial charge on any atom is 0.300 e. The maximum atomic E-state index is 13.0. The monoisotopic (exact) mass is 444 g/mol. The first kappa shape index (κ1) is 23.1. The van der Waals surface area contributed by atoms with Crippen molar-refractivity contribution in [3.05, 3.63) is 96.3 Å². The van der Waals surface area contributed by atoms with E-state index in [4.69, 9.17) is 9.90 Å². The van der Waals surface area contributed by atoms with E-state index >= 15 is 0 Å². The standard InChI is InChI=1S/C23H17FN4O.C2H4O2/c24-18-12-10-16(11-13-18)15-25-28-23-26-20(17-6-2-1-3-7-17)14-21(27-23)19-8-4-5-9-22(19)29;1-2(3)4/h1-15,29H,(H,26,27,28);1H3,(H,3,4)/b25-15+;. The largest absolute Gasteiger partial charge is 0.507 e. The van der Waals surface area contributed by atoms with Crippen LogP contribution in [0.1, 0.15) is 12.5 Å². The lowest BCUT2D eigenvalue weighted by atomic mass is 10.1. The van der Waals surface area contributed by atoms with Crippen molar-refractivity contribution in [1.29, 1.82) is 0 Å². The zero-order valence-electron chi connectivity index (χ0n) is 17.7. The summed E-state index contributed by atoms with van der Waals surface area (Å²) in [7, 11) is 0. The van der Waals surface area contributed by atoms with Crippen molar-refractivity contribution in [3.8, 4) is 28.3 Å². The van der Waals surface area contributed by atoms with Gasteiger partial charge in [-0.1, -0.05) is 54.6 Å². The molecule has 166 valence electrons. The summed E-state index contributed by atoms with van der Waals surface area (Å²) in [5.41, 5.74) is 6.32. The number of benzene rings is 3. The van der Waals surface area contributed by atoms with Crippen molar-refractivity contribution in [2.45, 2.75) is 6.92 Å². The first-order valence-electron chi connectivity index (χ1n) is 9.89. The summed E-state index contributed by atoms with van der Waals surface area (Å²) in [6.07, 6.45) is 1.55. The van der Waals surface area contributed by atoms with E-state index in [1.165, 1.54) is 12.1 Å². The van der Waals surface area contributed by atoms with E-state index < -0.39 is 5.97 Å². The highest BCUT2D eigenvalue weighted by molar-refractivity contribution is 5.80. The van der Waals surface area contributed by atoms with E-state index in [-0.39, 0.29) is 17.5 Å². The Hall–Kier alpha value is -4.59. The predicted octanol–water partition coefficient (Wildman–Crippen LogP) is 5.19. The van der Waals surface area contributed by atoms with Gasteiger partial charge in [0.15, 0.2) is 0 Å². The first-order chi connectivity index (χ1) is 15.9. The van der Waals surface area contributed by atoms with Gasteiger partial charge in [0.2, 0.25) is 5.95 Å². The molecule has 0 spiro atoms. The molecule has 0 aliphatic heterocycles. The number of aliphatic carboxylic acids is 1. The zero-order valence-corrected chi connectivity index (χ0v) is 17.7. The average molecular weight is 444 g/mol. The van der Waals surface area contributed by atoms with Crippen LogP contribution in [0.5, 0.6) is 5.75 Å². The van der Waals surface area contributed by atoms with Crippen LogP contribution in [-0.4, -0.2) is 32.4 Å². The Morgan fingerprint density at radius 2 is 1.55 bits per heavy atom. The molecule has 8 heteroatoms. The summed E-state index contributed by atoms with van der Waals surface area (Å²) in [6, 6.07) is 24.5. The topological polar surface area (TPSA) is 108 Å². The minimum atomic E-state index is -0.833. The van der Waals surface area contributed by atoms with Crippen LogP contribution in [0.15, 0.2) is 90.0 Å². The van der Waals surface area contributed by atoms with Gasteiger partial charge in [0.1, 0.15) is 11.6 Å². The molecule has 0 unspecified atom stereocenters. The van der Waals surface area contributed by atoms with Crippen LogP contribution in [0.4, 0.5) is 10.3 Å². The predicted molar refractivity (Wildman–Crippen MR) is 125 cm³/mol. The van der Waals surface area contributed by atoms with Gasteiger partial charge < -0.3 is 10.2 Å². The summed E-state index contributed by atoms with van der Waals surface area (Å²) < 4.78 is 13.0. The van der Waals surface area contributed by atoms with Crippen LogP contribution in [0, 0.1) is 5.82 Å². The highest BCUT2D eigenvalue weighted by Crippen LogP contribution is 2.30. The number of para-hydroxylation sites is 1. The second-order valence-corrected chi connectivity index (χ2v) is 6.79. The van der Waals surface area contributed by atoms with Crippen LogP contribution >= 0.6 is 0 Å². The SMILES string of the molecule is CC(=O)O.Oc1ccccc1-c1cc(-c2ccccc2)nc(N/N=C/c2ccc(F)cc2)n1. The van der Waals surface area contributed by atoms with Crippen molar-refractivity contribution in [2.75, 3.05) is 5.43 Å². The Kier molecular flexibility index (Phi) is 7.80. The molecule has 0 bridgehead atoms. The zero-order chi connectivity index (χ0) is 23.6. The minimum absolute atomic E-state index is 0.131. The molecule has 0 aliphatic rings. The lowest BCUT2D eigenvalue weighted by molar-refractivity contribution is -0.134. The smallest absolute Gasteiger partial charge is 0.300 e. The number of hydrogen-bond acceptors (Lipinski definition) is 6. The fraction of sp³-hybridized carbons (Fsp3) is 0.0400. The average Bonchev–Trinajstić information content (AvgIpc) is 2.81. The molecule has 3 N–H and O–H groups in total. The van der Waals surface area contributed by atoms with Gasteiger partial charge in [-0.05, 0) is 35.9 Å². The van der Waals surface area contributed by atoms with Crippen LogP contribution in [-0.2, 0) is 4.79 Å². The van der Waals surface area contributed by atoms with E-state index in [0.29, 0.717) is 17.0 Å². The third-order valence-corrected chi connectivity index (χ3v) is 4.22. The van der Waals surface area contributed by atoms with Gasteiger partial charge in [-0.3, -0.25) is 4.79 Å². The maximum absolute atomic E-state index is 13.0. The number of phenols is 1. The number of nitrogens with zero attached hydrogens (tertiary/aromatic N) is 3. The van der Waals surface area contributed by atoms with Crippen LogP contribution in [0.3, 0.4) is 0 Å². The molecular weight excluding hydrogens is 423 g/mol. The third-order valence-electron chi connectivity index (χ3n) is 4.22. The Bertz CT molecular complexity index is 1240. The number of aromatic hydroxyl groups is 1. The molecule has 33 heavy (non-hydrogen) atoms. The van der Waals surface area contributed by atoms with Crippen molar-refractivity contribution in [1.82, 2.24) is 9.97 Å². The number of hydrazone groups is 1. The number of hydrogen-bond donors (Lipinski definition) is 3. The van der Waals surface area contributed by atoms with Crippen LogP contribution in [0.25, 0.3) is 22.5 Å². The molecule has 0 aliphatic carbocycles. The normalized spacial score (nSPS) is 10.4. The number of anilines is 1. The van der Waals surface area contributed by atoms with Crippen molar-refractivity contribution < 1.29 is 19.4 Å². The number of nitrogens with one attached hydrogen (secondary N) is 1. The summed E-state index contributed by atoms with van der Waals surface area (Å²) >= 11 is 0. The lowest BCUT2D eigenvalue weighted by Gasteiger charge is -2.09. The first-order valence-corrected chi connectivity index (χ1v) is 9.89. The quantitative estimate of drug-likeness (QED) is 0.289. The molecule has 0 amide bonds. The fourth-order valence-electron chi connectivity index (χ4n) is 2.80. The molecule has 4 aromatic rings. The molecule has 0 fully saturated rings. The molecule has 3 aromatic carbocycles. The molecule has 4 rings (SSSR count). The molecular formula is C25H21FN4O3. The van der Waals surface area contributed by atoms with E-state index in [0.717, 1.165) is 18.1 Å². The van der Waals surface area contributed by atoms with Gasteiger partial charge in [0.25, 0.3) is 5.97 Å². The number of halogens is 1. The van der Waals surface area contributed by atoms with Gasteiger partial charge in [0.05, 0.1) is 17.6 Å². The number of carboxylic acid groups (broad SMARTS) is 1. The third kappa shape index (κ3) is 6.96. The number of phenolic OH excluding ortho intramolecular Hbond substituents is 1. The molecule has 0 radical (unpaired) electrons. The van der Waals surface area contributed by atoms with Gasteiger partial charge in [-0.15, -0.1) is 0 Å². The molecule has 0 saturated heterocycles. The van der Waals surface area contributed by atoms with Crippen molar-refractivity contribution in [3.63, 3.8) is 0 Å². The highest BCUT2D eigenvalue weighted by Gasteiger charge is 2.11. The Morgan fingerprint density at radius 3 is 2.21 bits per heavy atom. The Morgan fingerprint density at radius 1 is 0.939 bits per heavy atom. The van der Waals surface area contributed by atoms with Crippen LogP contribution < -0.4 is 5.43 Å². The molecule has 7 nitrogen and oxygen atoms in total. The second kappa shape index (κ2) is 11.1. The van der Waals surface area contributed by atoms with E-state index in [9.17, 15) is 9.50 Å². The van der Waals surface area contributed by atoms with Gasteiger partial charge >= 0.3 is 0 Å². The summed E-state index contributed by atoms with van der Waals surface area (Å²) in [5.74, 6) is -0.727. The van der Waals surface area contributed by atoms with Gasteiger partial charge in [-0.25, -0.2) is 19.8 Å². The molecule has 1 aromatic heterocycles. The summed E-state index contributed by atoms with van der Waals surface area (Å²) in [5, 5.41) is 21.8. The van der Waals surface area contributed by atoms with Gasteiger partial charge in [-0.2, -0.15) is 5.10 Å². The van der Waals surface area contributed by atoms with E-state index in [1.54, 1.807) is 36.5 Å². The van der Waals surface area contributed by atoms with E-state index in [1.807, 2.05) is 42.5 Å². The second-order valence-electron chi connectivity index (χ2n) is 6.79.